The van der Waals surface area contributed by atoms with Crippen molar-refractivity contribution >= 4 is 11.9 Å². The third-order valence-corrected chi connectivity index (χ3v) is 17.5. The van der Waals surface area contributed by atoms with Crippen molar-refractivity contribution in [1.82, 2.24) is 5.32 Å². The second-order valence-corrected chi connectivity index (χ2v) is 20.0. The van der Waals surface area contributed by atoms with Gasteiger partial charge in [0.2, 0.25) is 11.7 Å². The zero-order valence-electron chi connectivity index (χ0n) is 33.1. The van der Waals surface area contributed by atoms with Gasteiger partial charge in [-0.15, -0.1) is 0 Å². The van der Waals surface area contributed by atoms with Gasteiger partial charge in [-0.3, -0.25) is 9.59 Å². The Labute approximate surface area is 315 Å². The highest BCUT2D eigenvalue weighted by Crippen LogP contribution is 2.69. The van der Waals surface area contributed by atoms with E-state index >= 15 is 0 Å². The summed E-state index contributed by atoms with van der Waals surface area (Å²) in [6.07, 6.45) is 8.94. The second kappa shape index (κ2) is 13.7. The van der Waals surface area contributed by atoms with Gasteiger partial charge in [-0.05, 0) is 143 Å². The van der Waals surface area contributed by atoms with E-state index in [-0.39, 0.29) is 82.7 Å². The summed E-state index contributed by atoms with van der Waals surface area (Å²) in [6, 6.07) is -0.921. The lowest BCUT2D eigenvalue weighted by Gasteiger charge is -2.65. The molecule has 4 heterocycles. The van der Waals surface area contributed by atoms with Crippen LogP contribution in [-0.2, 0) is 33.6 Å². The van der Waals surface area contributed by atoms with Crippen LogP contribution in [0.25, 0.3) is 0 Å². The molecule has 0 radical (unpaired) electrons. The lowest BCUT2D eigenvalue weighted by Crippen LogP contribution is -2.71. The zero-order chi connectivity index (χ0) is 37.8. The molecule has 0 aromatic heterocycles. The molecule has 0 aromatic rings. The summed E-state index contributed by atoms with van der Waals surface area (Å²) in [5, 5.41) is 35.1. The van der Waals surface area contributed by atoms with Crippen LogP contribution in [-0.4, -0.2) is 75.5 Å². The summed E-state index contributed by atoms with van der Waals surface area (Å²) in [5.74, 6) is 0.292. The molecule has 5 saturated carbocycles. The fraction of sp³-hybridized carbons (Fsp3) is 0.952. The molecule has 4 aliphatic heterocycles. The van der Waals surface area contributed by atoms with E-state index in [1.54, 1.807) is 0 Å². The average Bonchev–Trinajstić information content (AvgIpc) is 3.31. The number of fused-ring (bicyclic) bond motifs is 7. The third kappa shape index (κ3) is 5.98. The molecule has 1 spiro atoms. The van der Waals surface area contributed by atoms with Gasteiger partial charge in [-0.25, -0.2) is 9.78 Å². The maximum absolute atomic E-state index is 12.7. The van der Waals surface area contributed by atoms with Gasteiger partial charge in [0.25, 0.3) is 0 Å². The number of ether oxygens (including phenoxy) is 3. The molecule has 11 nitrogen and oxygen atoms in total. The molecule has 10 unspecified atom stereocenters. The van der Waals surface area contributed by atoms with Crippen LogP contribution in [0.15, 0.2) is 0 Å². The first-order chi connectivity index (χ1) is 25.0. The van der Waals surface area contributed by atoms with Crippen LogP contribution in [0.1, 0.15) is 132 Å². The number of aliphatic hydroxyl groups is 2. The smallest absolute Gasteiger partial charge is 0.325 e. The highest BCUT2D eigenvalue weighted by molar-refractivity contribution is 5.83. The fourth-order valence-corrected chi connectivity index (χ4v) is 14.4. The van der Waals surface area contributed by atoms with E-state index in [4.69, 9.17) is 24.0 Å². The Kier molecular flexibility index (Phi) is 9.93. The van der Waals surface area contributed by atoms with Gasteiger partial charge in [0, 0.05) is 24.7 Å². The summed E-state index contributed by atoms with van der Waals surface area (Å²) < 4.78 is 21.2. The molecule has 2 bridgehead atoms. The molecule has 5 aliphatic carbocycles. The largest absolute Gasteiger partial charge is 0.480 e. The topological polar surface area (TPSA) is 153 Å². The maximum Gasteiger partial charge on any atom is 0.325 e. The highest BCUT2D eigenvalue weighted by Gasteiger charge is 2.71. The van der Waals surface area contributed by atoms with Crippen molar-refractivity contribution in [2.24, 2.45) is 70.0 Å². The normalized spacial score (nSPS) is 54.0. The number of carbonyl (C=O) groups excluding carboxylic acids is 1. The van der Waals surface area contributed by atoms with Crippen molar-refractivity contribution in [2.75, 3.05) is 0 Å². The number of aliphatic carboxylic acids is 1. The van der Waals surface area contributed by atoms with E-state index in [9.17, 15) is 24.9 Å². The zero-order valence-corrected chi connectivity index (χ0v) is 33.1. The summed E-state index contributed by atoms with van der Waals surface area (Å²) in [6.45, 7) is 15.0. The number of carboxylic acids is 1. The van der Waals surface area contributed by atoms with Crippen molar-refractivity contribution in [1.29, 1.82) is 0 Å². The van der Waals surface area contributed by atoms with Gasteiger partial charge in [-0.2, -0.15) is 0 Å². The summed E-state index contributed by atoms with van der Waals surface area (Å²) in [5.41, 5.74) is -0.990. The van der Waals surface area contributed by atoms with E-state index in [1.807, 2.05) is 6.92 Å². The van der Waals surface area contributed by atoms with Crippen molar-refractivity contribution in [3.05, 3.63) is 0 Å². The summed E-state index contributed by atoms with van der Waals surface area (Å²) in [4.78, 5) is 36.5. The minimum atomic E-state index is -1.04. The van der Waals surface area contributed by atoms with Gasteiger partial charge in [0.1, 0.15) is 6.04 Å². The number of aliphatic hydroxyl groups excluding tert-OH is 2. The van der Waals surface area contributed by atoms with E-state index in [1.165, 1.54) is 6.92 Å². The molecule has 300 valence electrons. The first kappa shape index (κ1) is 38.5. The molecule has 9 rings (SSSR count). The molecule has 0 aromatic carbocycles. The molecule has 1 amide bonds. The van der Waals surface area contributed by atoms with Crippen LogP contribution < -0.4 is 5.32 Å². The molecule has 4 saturated heterocycles. The van der Waals surface area contributed by atoms with Crippen LogP contribution in [0.3, 0.4) is 0 Å². The van der Waals surface area contributed by atoms with Crippen molar-refractivity contribution < 1.29 is 48.9 Å². The number of hydrogen-bond donors (Lipinski definition) is 4. The number of nitrogens with one attached hydrogen (secondary N) is 1. The highest BCUT2D eigenvalue weighted by atomic mass is 17.3. The van der Waals surface area contributed by atoms with Crippen LogP contribution in [0.4, 0.5) is 0 Å². The van der Waals surface area contributed by atoms with Gasteiger partial charge in [-0.1, -0.05) is 34.6 Å². The molecule has 9 fully saturated rings. The minimum Gasteiger partial charge on any atom is -0.480 e. The molecular weight excluding hydrogens is 678 g/mol. The molecule has 11 heteroatoms. The minimum absolute atomic E-state index is 0.00778. The molecule has 9 aliphatic rings. The predicted octanol–water partition coefficient (Wildman–Crippen LogP) is 6.19. The number of rotatable bonds is 8. The first-order valence-corrected chi connectivity index (χ1v) is 21.3. The Morgan fingerprint density at radius 1 is 0.887 bits per heavy atom. The van der Waals surface area contributed by atoms with Crippen molar-refractivity contribution in [2.45, 2.75) is 180 Å². The number of hydrogen-bond acceptors (Lipinski definition) is 9. The lowest BCUT2D eigenvalue weighted by atomic mass is 9.43. The van der Waals surface area contributed by atoms with Crippen LogP contribution in [0.5, 0.6) is 0 Å². The molecular formula is C42H67NO10. The Balaban J connectivity index is 1.07. The van der Waals surface area contributed by atoms with E-state index in [0.29, 0.717) is 24.7 Å². The summed E-state index contributed by atoms with van der Waals surface area (Å²) >= 11 is 0. The van der Waals surface area contributed by atoms with Gasteiger partial charge < -0.3 is 34.8 Å². The Morgan fingerprint density at radius 3 is 2.40 bits per heavy atom. The maximum atomic E-state index is 12.7. The van der Waals surface area contributed by atoms with Crippen LogP contribution in [0, 0.1) is 70.0 Å². The average molecular weight is 746 g/mol. The number of carboxylic acid groups (broad SMARTS) is 1. The standard InChI is InChI=1S/C42H67NO10/c1-21(9-13-34(46)43-24(4)36(47)48)27-11-12-30-35-31(20-33(45)41(27,30)7)39(5)16-14-26(44)18-25(39)19-32(35)49-37-23(3)29-10-8-22(2)28-15-17-40(6)51-38(50-37)42(28,29)53-52-40/h21-33,35,37-38,44-45H,8-20H2,1-7H3,(H,43,46)(H,47,48)/t21-,22-,23-,24?,25?,26-,27-,28?,29?,30?,31?,32?,33+,35?,37?,38?,39+,40+,41-,42-/m1/s1. The fourth-order valence-electron chi connectivity index (χ4n) is 14.4. The third-order valence-electron chi connectivity index (χ3n) is 17.5. The van der Waals surface area contributed by atoms with E-state index in [2.05, 4.69) is 39.9 Å². The molecule has 20 atom stereocenters. The van der Waals surface area contributed by atoms with Gasteiger partial charge in [0.05, 0.1) is 18.3 Å². The van der Waals surface area contributed by atoms with E-state index < -0.39 is 42.1 Å². The lowest BCUT2D eigenvalue weighted by molar-refractivity contribution is -0.578. The van der Waals surface area contributed by atoms with Crippen LogP contribution in [0.2, 0.25) is 0 Å². The first-order valence-electron chi connectivity index (χ1n) is 21.3. The SMILES string of the molecule is CC(NC(=O)CC[C@@H](C)[C@H]1CCC2C3C(OC4OC5O[C@]6(C)CCC7[C@H](C)CCC([C@H]4C)[C@@]57OO6)CC4C[C@H](O)CC[C@]4(C)C3C[C@H](O)[C@@]21C)C(=O)O. The molecule has 4 N–H and O–H groups in total. The quantitative estimate of drug-likeness (QED) is 0.167. The number of carbonyl (C=O) groups is 2. The predicted molar refractivity (Wildman–Crippen MR) is 193 cm³/mol. The Morgan fingerprint density at radius 2 is 1.64 bits per heavy atom. The second-order valence-electron chi connectivity index (χ2n) is 20.0. The number of amides is 1. The van der Waals surface area contributed by atoms with Crippen molar-refractivity contribution in [3.63, 3.8) is 0 Å². The van der Waals surface area contributed by atoms with Gasteiger partial charge >= 0.3 is 5.97 Å². The summed E-state index contributed by atoms with van der Waals surface area (Å²) in [7, 11) is 0. The van der Waals surface area contributed by atoms with Crippen molar-refractivity contribution in [3.8, 4) is 0 Å². The Bertz CT molecular complexity index is 1410. The van der Waals surface area contributed by atoms with E-state index in [0.717, 1.165) is 64.2 Å². The monoisotopic (exact) mass is 745 g/mol. The van der Waals surface area contributed by atoms with Gasteiger partial charge in [0.15, 0.2) is 18.2 Å². The Hall–Kier alpha value is -1.34. The molecule has 53 heavy (non-hydrogen) atoms. The van der Waals surface area contributed by atoms with Crippen LogP contribution >= 0.6 is 0 Å².